The Labute approximate surface area is 119 Å². The Morgan fingerprint density at radius 2 is 2.00 bits per heavy atom. The zero-order valence-corrected chi connectivity index (χ0v) is 12.0. The summed E-state index contributed by atoms with van der Waals surface area (Å²) in [5.74, 6) is -0.104. The molecule has 1 unspecified atom stereocenters. The number of carbonyl (C=O) groups is 1. The predicted molar refractivity (Wildman–Crippen MR) is 80.8 cm³/mol. The van der Waals surface area contributed by atoms with Gasteiger partial charge >= 0.3 is 0 Å². The van der Waals surface area contributed by atoms with E-state index in [1.165, 1.54) is 5.56 Å². The lowest BCUT2D eigenvalue weighted by Gasteiger charge is -2.17. The van der Waals surface area contributed by atoms with E-state index in [0.29, 0.717) is 5.56 Å². The van der Waals surface area contributed by atoms with Crippen molar-refractivity contribution < 1.29 is 4.79 Å². The van der Waals surface area contributed by atoms with Crippen LogP contribution in [0.2, 0.25) is 0 Å². The van der Waals surface area contributed by atoms with Crippen LogP contribution in [0.15, 0.2) is 42.7 Å². The minimum absolute atomic E-state index is 0.0402. The molecule has 0 radical (unpaired) electrons. The molecule has 0 saturated carbocycles. The highest BCUT2D eigenvalue weighted by Crippen LogP contribution is 2.19. The predicted octanol–water partition coefficient (Wildman–Crippen LogP) is 2.92. The van der Waals surface area contributed by atoms with Gasteiger partial charge in [0, 0.05) is 13.2 Å². The van der Waals surface area contributed by atoms with Crippen LogP contribution in [0.25, 0.3) is 0 Å². The molecule has 0 aliphatic rings. The molecule has 0 saturated heterocycles. The van der Waals surface area contributed by atoms with Crippen LogP contribution in [-0.4, -0.2) is 17.9 Å². The van der Waals surface area contributed by atoms with Crippen molar-refractivity contribution in [2.24, 2.45) is 0 Å². The van der Waals surface area contributed by atoms with E-state index in [0.717, 1.165) is 11.3 Å². The Balaban J connectivity index is 2.18. The average molecular weight is 269 g/mol. The van der Waals surface area contributed by atoms with Crippen LogP contribution >= 0.6 is 0 Å². The average Bonchev–Trinajstić information content (AvgIpc) is 2.47. The molecule has 2 aromatic rings. The van der Waals surface area contributed by atoms with Gasteiger partial charge in [-0.05, 0) is 31.0 Å². The van der Waals surface area contributed by atoms with Gasteiger partial charge in [0.25, 0.3) is 5.91 Å². The third-order valence-electron chi connectivity index (χ3n) is 3.34. The van der Waals surface area contributed by atoms with Crippen molar-refractivity contribution >= 4 is 11.6 Å². The molecule has 4 nitrogen and oxygen atoms in total. The monoisotopic (exact) mass is 269 g/mol. The van der Waals surface area contributed by atoms with Crippen LogP contribution in [0.3, 0.4) is 0 Å². The topological polar surface area (TPSA) is 54.0 Å². The molecule has 104 valence electrons. The lowest BCUT2D eigenvalue weighted by atomic mass is 10.0. The zero-order valence-electron chi connectivity index (χ0n) is 12.0. The van der Waals surface area contributed by atoms with Crippen LogP contribution in [0.5, 0.6) is 0 Å². The van der Waals surface area contributed by atoms with Gasteiger partial charge in [0.1, 0.15) is 0 Å². The number of aromatic nitrogens is 1. The van der Waals surface area contributed by atoms with Crippen molar-refractivity contribution in [2.45, 2.75) is 19.9 Å². The number of nitrogens with one attached hydrogen (secondary N) is 2. The fourth-order valence-electron chi connectivity index (χ4n) is 2.22. The number of hydrogen-bond donors (Lipinski definition) is 2. The summed E-state index contributed by atoms with van der Waals surface area (Å²) in [6.07, 6.45) is 3.27. The Kier molecular flexibility index (Phi) is 4.35. The van der Waals surface area contributed by atoms with Gasteiger partial charge in [0.15, 0.2) is 0 Å². The Hall–Kier alpha value is -2.36. The molecule has 1 amide bonds. The first kappa shape index (κ1) is 14.1. The maximum absolute atomic E-state index is 12.3. The first-order valence-electron chi connectivity index (χ1n) is 6.61. The van der Waals surface area contributed by atoms with Gasteiger partial charge in [-0.25, -0.2) is 0 Å². The van der Waals surface area contributed by atoms with Gasteiger partial charge < -0.3 is 10.6 Å². The third-order valence-corrected chi connectivity index (χ3v) is 3.34. The van der Waals surface area contributed by atoms with E-state index in [4.69, 9.17) is 0 Å². The fourth-order valence-corrected chi connectivity index (χ4v) is 2.22. The van der Waals surface area contributed by atoms with Crippen molar-refractivity contribution in [3.05, 3.63) is 59.4 Å². The van der Waals surface area contributed by atoms with Crippen molar-refractivity contribution in [2.75, 3.05) is 12.4 Å². The van der Waals surface area contributed by atoms with E-state index < -0.39 is 0 Å². The molecule has 2 N–H and O–H groups in total. The zero-order chi connectivity index (χ0) is 14.5. The Bertz CT molecular complexity index is 610. The molecule has 4 heteroatoms. The molecule has 1 aromatic heterocycles. The lowest BCUT2D eigenvalue weighted by Crippen LogP contribution is -2.27. The number of anilines is 1. The second kappa shape index (κ2) is 6.19. The third kappa shape index (κ3) is 2.96. The van der Waals surface area contributed by atoms with Crippen molar-refractivity contribution in [3.63, 3.8) is 0 Å². The number of aryl methyl sites for hydroxylation is 1. The van der Waals surface area contributed by atoms with Crippen molar-refractivity contribution in [1.29, 1.82) is 0 Å². The first-order valence-corrected chi connectivity index (χ1v) is 6.61. The van der Waals surface area contributed by atoms with Crippen LogP contribution in [0.4, 0.5) is 5.69 Å². The Morgan fingerprint density at radius 3 is 2.70 bits per heavy atom. The van der Waals surface area contributed by atoms with E-state index in [9.17, 15) is 4.79 Å². The molecule has 20 heavy (non-hydrogen) atoms. The number of hydrogen-bond acceptors (Lipinski definition) is 3. The first-order chi connectivity index (χ1) is 9.63. The number of nitrogens with zero attached hydrogens (tertiary/aromatic N) is 1. The SMILES string of the molecule is CNc1cnccc1C(=O)NC(C)c1ccccc1C. The normalized spacial score (nSPS) is 11.8. The summed E-state index contributed by atoms with van der Waals surface area (Å²) in [5, 5.41) is 6.00. The second-order valence-corrected chi connectivity index (χ2v) is 4.72. The van der Waals surface area contributed by atoms with Gasteiger partial charge in [-0.1, -0.05) is 24.3 Å². The molecule has 0 aliphatic carbocycles. The van der Waals surface area contributed by atoms with Gasteiger partial charge in [0.05, 0.1) is 23.5 Å². The molecule has 1 heterocycles. The minimum Gasteiger partial charge on any atom is -0.386 e. The van der Waals surface area contributed by atoms with E-state index in [2.05, 4.69) is 15.6 Å². The fraction of sp³-hybridized carbons (Fsp3) is 0.250. The maximum Gasteiger partial charge on any atom is 0.253 e. The van der Waals surface area contributed by atoms with E-state index in [-0.39, 0.29) is 11.9 Å². The summed E-state index contributed by atoms with van der Waals surface area (Å²) in [4.78, 5) is 16.3. The van der Waals surface area contributed by atoms with E-state index >= 15 is 0 Å². The number of carbonyl (C=O) groups excluding carboxylic acids is 1. The van der Waals surface area contributed by atoms with E-state index in [1.807, 2.05) is 38.1 Å². The number of pyridine rings is 1. The molecule has 0 aliphatic heterocycles. The van der Waals surface area contributed by atoms with Gasteiger partial charge in [-0.2, -0.15) is 0 Å². The molecule has 2 rings (SSSR count). The minimum atomic E-state index is -0.104. The number of amides is 1. The maximum atomic E-state index is 12.3. The summed E-state index contributed by atoms with van der Waals surface area (Å²) in [7, 11) is 1.78. The van der Waals surface area contributed by atoms with Crippen LogP contribution in [-0.2, 0) is 0 Å². The summed E-state index contributed by atoms with van der Waals surface area (Å²) in [5.41, 5.74) is 3.62. The molecule has 0 spiro atoms. The van der Waals surface area contributed by atoms with Crippen LogP contribution in [0.1, 0.15) is 34.5 Å². The highest BCUT2D eigenvalue weighted by Gasteiger charge is 2.15. The van der Waals surface area contributed by atoms with Crippen molar-refractivity contribution in [3.8, 4) is 0 Å². The van der Waals surface area contributed by atoms with E-state index in [1.54, 1.807) is 25.5 Å². The van der Waals surface area contributed by atoms with Crippen LogP contribution < -0.4 is 10.6 Å². The summed E-state index contributed by atoms with van der Waals surface area (Å²) in [6, 6.07) is 9.73. The molecule has 0 fully saturated rings. The molecule has 1 aromatic carbocycles. The molecule has 0 bridgehead atoms. The summed E-state index contributed by atoms with van der Waals surface area (Å²) >= 11 is 0. The lowest BCUT2D eigenvalue weighted by molar-refractivity contribution is 0.0940. The van der Waals surface area contributed by atoms with Gasteiger partial charge in [0.2, 0.25) is 0 Å². The smallest absolute Gasteiger partial charge is 0.253 e. The quantitative estimate of drug-likeness (QED) is 0.897. The molecular weight excluding hydrogens is 250 g/mol. The highest BCUT2D eigenvalue weighted by molar-refractivity contribution is 5.99. The summed E-state index contributed by atoms with van der Waals surface area (Å²) in [6.45, 7) is 4.03. The van der Waals surface area contributed by atoms with Crippen LogP contribution in [0, 0.1) is 6.92 Å². The molecular formula is C16H19N3O. The standard InChI is InChI=1S/C16H19N3O/c1-11-6-4-5-7-13(11)12(2)19-16(20)14-8-9-18-10-15(14)17-3/h4-10,12,17H,1-3H3,(H,19,20). The number of benzene rings is 1. The summed E-state index contributed by atoms with van der Waals surface area (Å²) < 4.78 is 0. The highest BCUT2D eigenvalue weighted by atomic mass is 16.1. The van der Waals surface area contributed by atoms with Crippen molar-refractivity contribution in [1.82, 2.24) is 10.3 Å². The second-order valence-electron chi connectivity index (χ2n) is 4.72. The van der Waals surface area contributed by atoms with Gasteiger partial charge in [-0.3, -0.25) is 9.78 Å². The largest absolute Gasteiger partial charge is 0.386 e. The Morgan fingerprint density at radius 1 is 1.25 bits per heavy atom. The van der Waals surface area contributed by atoms with Gasteiger partial charge in [-0.15, -0.1) is 0 Å². The molecule has 1 atom stereocenters. The number of rotatable bonds is 4.